The molecule has 7 heteroatoms. The number of nitrogens with zero attached hydrogens (tertiary/aromatic N) is 1. The van der Waals surface area contributed by atoms with E-state index in [1.54, 1.807) is 7.11 Å². The van der Waals surface area contributed by atoms with Crippen LogP contribution in [0.2, 0.25) is 0 Å². The fourth-order valence-corrected chi connectivity index (χ4v) is 1.95. The molecule has 0 aliphatic carbocycles. The van der Waals surface area contributed by atoms with Gasteiger partial charge in [0.05, 0.1) is 7.11 Å². The summed E-state index contributed by atoms with van der Waals surface area (Å²) in [5, 5.41) is 3.30. The number of primary amides is 1. The van der Waals surface area contributed by atoms with Crippen molar-refractivity contribution in [1.82, 2.24) is 10.3 Å². The van der Waals surface area contributed by atoms with Crippen LogP contribution in [0.25, 0.3) is 10.9 Å². The van der Waals surface area contributed by atoms with Crippen LogP contribution in [0.5, 0.6) is 5.75 Å². The van der Waals surface area contributed by atoms with Gasteiger partial charge in [0.15, 0.2) is 5.96 Å². The number of amides is 2. The number of methoxy groups -OCH3 is 1. The summed E-state index contributed by atoms with van der Waals surface area (Å²) in [7, 11) is 1.63. The minimum absolute atomic E-state index is 0.0231. The second-order valence-electron chi connectivity index (χ2n) is 4.23. The highest BCUT2D eigenvalue weighted by molar-refractivity contribution is 5.94. The predicted molar refractivity (Wildman–Crippen MR) is 77.8 cm³/mol. The van der Waals surface area contributed by atoms with Gasteiger partial charge < -0.3 is 21.2 Å². The van der Waals surface area contributed by atoms with Crippen LogP contribution in [-0.4, -0.2) is 30.6 Å². The second kappa shape index (κ2) is 5.96. The summed E-state index contributed by atoms with van der Waals surface area (Å²) in [5.41, 5.74) is 12.6. The number of carbonyl (C=O) groups is 1. The van der Waals surface area contributed by atoms with Gasteiger partial charge in [0.25, 0.3) is 0 Å². The van der Waals surface area contributed by atoms with E-state index in [0.717, 1.165) is 22.2 Å². The van der Waals surface area contributed by atoms with Gasteiger partial charge in [-0.3, -0.25) is 10.3 Å². The number of hydrogen-bond donors (Lipinski definition) is 4. The molecule has 0 saturated carbocycles. The first kappa shape index (κ1) is 13.7. The van der Waals surface area contributed by atoms with Crippen LogP contribution in [0.15, 0.2) is 29.4 Å². The third-order valence-electron chi connectivity index (χ3n) is 2.89. The van der Waals surface area contributed by atoms with Crippen LogP contribution in [0.1, 0.15) is 5.56 Å². The Morgan fingerprint density at radius 1 is 1.45 bits per heavy atom. The summed E-state index contributed by atoms with van der Waals surface area (Å²) in [6.07, 6.45) is 2.62. The van der Waals surface area contributed by atoms with E-state index in [2.05, 4.69) is 15.3 Å². The Hall–Kier alpha value is -2.70. The number of guanidine groups is 1. The molecule has 0 atom stereocenters. The minimum Gasteiger partial charge on any atom is -0.497 e. The fraction of sp³-hybridized carbons (Fsp3) is 0.231. The van der Waals surface area contributed by atoms with Gasteiger partial charge >= 0.3 is 6.03 Å². The number of fused-ring (bicyclic) bond motifs is 1. The van der Waals surface area contributed by atoms with Crippen LogP contribution in [0.4, 0.5) is 4.79 Å². The molecule has 2 amide bonds. The zero-order valence-electron chi connectivity index (χ0n) is 11.1. The standard InChI is InChI=1S/C13H17N5O2/c1-20-9-2-3-11-10(6-9)8(7-17-11)4-5-16-12(14)18-13(15)19/h2-3,6-7,17H,4-5H2,1H3,(H5,14,15,16,18,19). The summed E-state index contributed by atoms with van der Waals surface area (Å²) in [4.78, 5) is 17.8. The van der Waals surface area contributed by atoms with Crippen molar-refractivity contribution in [2.45, 2.75) is 6.42 Å². The lowest BCUT2D eigenvalue weighted by Crippen LogP contribution is -2.40. The number of aromatic amines is 1. The molecule has 0 fully saturated rings. The molecule has 1 aromatic carbocycles. The first-order chi connectivity index (χ1) is 9.60. The number of urea groups is 1. The van der Waals surface area contributed by atoms with E-state index < -0.39 is 6.03 Å². The smallest absolute Gasteiger partial charge is 0.318 e. The molecule has 0 saturated heterocycles. The zero-order valence-corrected chi connectivity index (χ0v) is 11.1. The molecule has 2 rings (SSSR count). The second-order valence-corrected chi connectivity index (χ2v) is 4.23. The van der Waals surface area contributed by atoms with Crippen LogP contribution in [-0.2, 0) is 6.42 Å². The SMILES string of the molecule is COc1ccc2[nH]cc(CCN=C(N)NC(N)=O)c2c1. The van der Waals surface area contributed by atoms with Crippen LogP contribution in [0, 0.1) is 0 Å². The molecule has 0 radical (unpaired) electrons. The lowest BCUT2D eigenvalue weighted by atomic mass is 10.1. The Bertz CT molecular complexity index is 647. The van der Waals surface area contributed by atoms with E-state index in [1.807, 2.05) is 24.4 Å². The van der Waals surface area contributed by atoms with Crippen molar-refractivity contribution in [3.05, 3.63) is 30.0 Å². The lowest BCUT2D eigenvalue weighted by molar-refractivity contribution is 0.253. The van der Waals surface area contributed by atoms with Gasteiger partial charge in [-0.25, -0.2) is 4.79 Å². The molecule has 0 bridgehead atoms. The molecule has 106 valence electrons. The van der Waals surface area contributed by atoms with Crippen molar-refractivity contribution in [1.29, 1.82) is 0 Å². The highest BCUT2D eigenvalue weighted by Gasteiger charge is 2.05. The summed E-state index contributed by atoms with van der Waals surface area (Å²) >= 11 is 0. The van der Waals surface area contributed by atoms with Crippen LogP contribution >= 0.6 is 0 Å². The molecule has 20 heavy (non-hydrogen) atoms. The van der Waals surface area contributed by atoms with Gasteiger partial charge in [-0.2, -0.15) is 0 Å². The van der Waals surface area contributed by atoms with Gasteiger partial charge in [0, 0.05) is 23.6 Å². The van der Waals surface area contributed by atoms with Gasteiger partial charge in [0.1, 0.15) is 5.75 Å². The summed E-state index contributed by atoms with van der Waals surface area (Å²) < 4.78 is 5.21. The summed E-state index contributed by atoms with van der Waals surface area (Å²) in [5.74, 6) is 0.826. The third-order valence-corrected chi connectivity index (χ3v) is 2.89. The Morgan fingerprint density at radius 3 is 2.95 bits per heavy atom. The van der Waals surface area contributed by atoms with E-state index in [0.29, 0.717) is 13.0 Å². The topological polar surface area (TPSA) is 119 Å². The van der Waals surface area contributed by atoms with Crippen molar-refractivity contribution in [2.75, 3.05) is 13.7 Å². The molecular weight excluding hydrogens is 258 g/mol. The molecule has 1 heterocycles. The molecule has 6 N–H and O–H groups in total. The maximum absolute atomic E-state index is 10.6. The number of carbonyl (C=O) groups excluding carboxylic acids is 1. The molecule has 0 spiro atoms. The largest absolute Gasteiger partial charge is 0.497 e. The summed E-state index contributed by atoms with van der Waals surface area (Å²) in [6.45, 7) is 0.455. The Kier molecular flexibility index (Phi) is 4.09. The molecule has 0 aliphatic rings. The van der Waals surface area contributed by atoms with Crippen molar-refractivity contribution >= 4 is 22.9 Å². The molecule has 2 aromatic rings. The van der Waals surface area contributed by atoms with Gasteiger partial charge in [-0.1, -0.05) is 0 Å². The number of benzene rings is 1. The van der Waals surface area contributed by atoms with Crippen molar-refractivity contribution in [2.24, 2.45) is 16.5 Å². The van der Waals surface area contributed by atoms with E-state index in [-0.39, 0.29) is 5.96 Å². The van der Waals surface area contributed by atoms with Gasteiger partial charge in [-0.15, -0.1) is 0 Å². The molecule has 0 aliphatic heterocycles. The quantitative estimate of drug-likeness (QED) is 0.485. The van der Waals surface area contributed by atoms with Crippen LogP contribution in [0.3, 0.4) is 0 Å². The number of nitrogens with one attached hydrogen (secondary N) is 2. The lowest BCUT2D eigenvalue weighted by Gasteiger charge is -2.02. The average molecular weight is 275 g/mol. The van der Waals surface area contributed by atoms with Crippen LogP contribution < -0.4 is 21.5 Å². The minimum atomic E-state index is -0.719. The maximum Gasteiger partial charge on any atom is 0.318 e. The van der Waals surface area contributed by atoms with Crippen molar-refractivity contribution < 1.29 is 9.53 Å². The van der Waals surface area contributed by atoms with E-state index >= 15 is 0 Å². The monoisotopic (exact) mass is 275 g/mol. The number of aliphatic imine (C=N–C) groups is 1. The maximum atomic E-state index is 10.6. The Labute approximate surface area is 116 Å². The van der Waals surface area contributed by atoms with Crippen molar-refractivity contribution in [3.8, 4) is 5.75 Å². The third kappa shape index (κ3) is 3.19. The molecular formula is C13H17N5O2. The number of H-pyrrole nitrogens is 1. The first-order valence-corrected chi connectivity index (χ1v) is 6.10. The molecule has 1 aromatic heterocycles. The first-order valence-electron chi connectivity index (χ1n) is 6.10. The number of hydrogen-bond acceptors (Lipinski definition) is 3. The predicted octanol–water partition coefficient (Wildman–Crippen LogP) is 0.702. The average Bonchev–Trinajstić information content (AvgIpc) is 2.80. The highest BCUT2D eigenvalue weighted by atomic mass is 16.5. The van der Waals surface area contributed by atoms with Gasteiger partial charge in [0.2, 0.25) is 0 Å². The summed E-state index contributed by atoms with van der Waals surface area (Å²) in [6, 6.07) is 5.11. The fourth-order valence-electron chi connectivity index (χ4n) is 1.95. The number of nitrogens with two attached hydrogens (primary N) is 2. The van der Waals surface area contributed by atoms with Gasteiger partial charge in [-0.05, 0) is 30.2 Å². The van der Waals surface area contributed by atoms with E-state index in [1.165, 1.54) is 0 Å². The zero-order chi connectivity index (χ0) is 14.5. The number of rotatable bonds is 4. The van der Waals surface area contributed by atoms with E-state index in [4.69, 9.17) is 16.2 Å². The van der Waals surface area contributed by atoms with E-state index in [9.17, 15) is 4.79 Å². The number of ether oxygens (including phenoxy) is 1. The number of aromatic nitrogens is 1. The Balaban J connectivity index is 2.08. The van der Waals surface area contributed by atoms with Crippen molar-refractivity contribution in [3.63, 3.8) is 0 Å². The Morgan fingerprint density at radius 2 is 2.25 bits per heavy atom. The highest BCUT2D eigenvalue weighted by Crippen LogP contribution is 2.23. The normalized spacial score (nSPS) is 11.6. The molecule has 7 nitrogen and oxygen atoms in total. The molecule has 0 unspecified atom stereocenters.